The van der Waals surface area contributed by atoms with Crippen LogP contribution in [-0.2, 0) is 0 Å². The summed E-state index contributed by atoms with van der Waals surface area (Å²) in [6.45, 7) is 3.54. The molecule has 0 unspecified atom stereocenters. The van der Waals surface area contributed by atoms with Crippen molar-refractivity contribution in [2.45, 2.75) is 12.8 Å². The molecule has 0 N–H and O–H groups in total. The molecule has 0 radical (unpaired) electrons. The van der Waals surface area contributed by atoms with Crippen LogP contribution in [0.15, 0.2) is 58.4 Å². The van der Waals surface area contributed by atoms with Crippen molar-refractivity contribution in [1.29, 1.82) is 0 Å². The maximum Gasteiger partial charge on any atom is 0.258 e. The van der Waals surface area contributed by atoms with Crippen LogP contribution in [0.4, 0.5) is 0 Å². The number of carbonyl (C=O) groups excluding carboxylic acids is 1. The maximum absolute atomic E-state index is 13.3. The molecule has 2 aromatic carbocycles. The average molecular weight is 405 g/mol. The number of ether oxygens (including phenoxy) is 1. The minimum absolute atomic E-state index is 0.0282. The van der Waals surface area contributed by atoms with Gasteiger partial charge in [0.1, 0.15) is 5.75 Å². The van der Waals surface area contributed by atoms with Crippen molar-refractivity contribution in [2.24, 2.45) is 0 Å². The van der Waals surface area contributed by atoms with Gasteiger partial charge in [0.05, 0.1) is 23.0 Å². The summed E-state index contributed by atoms with van der Waals surface area (Å²) in [4.78, 5) is 20.6. The number of hydrogen-bond donors (Lipinski definition) is 0. The van der Waals surface area contributed by atoms with Gasteiger partial charge in [0, 0.05) is 13.1 Å². The van der Waals surface area contributed by atoms with E-state index in [2.05, 4.69) is 10.1 Å². The molecule has 3 heterocycles. The molecule has 6 nitrogen and oxygen atoms in total. The minimum Gasteiger partial charge on any atom is -0.493 e. The van der Waals surface area contributed by atoms with Crippen LogP contribution >= 0.6 is 11.3 Å². The Morgan fingerprint density at radius 1 is 1.21 bits per heavy atom. The molecular weight excluding hydrogens is 386 g/mol. The molecule has 29 heavy (non-hydrogen) atoms. The molecule has 1 amide bonds. The Kier molecular flexibility index (Phi) is 4.52. The van der Waals surface area contributed by atoms with Gasteiger partial charge in [-0.05, 0) is 35.2 Å². The third-order valence-electron chi connectivity index (χ3n) is 5.11. The first kappa shape index (κ1) is 17.9. The fourth-order valence-electron chi connectivity index (χ4n) is 3.61. The van der Waals surface area contributed by atoms with Crippen LogP contribution in [0.1, 0.15) is 29.1 Å². The summed E-state index contributed by atoms with van der Waals surface area (Å²) in [5.74, 6) is 1.84. The third kappa shape index (κ3) is 3.17. The monoisotopic (exact) mass is 405 g/mol. The number of hydrogen-bond acceptors (Lipinski definition) is 6. The quantitative estimate of drug-likeness (QED) is 0.486. The molecule has 1 saturated heterocycles. The standard InChI is InChI=1S/C22H19N3O3S/c1-2-27-17-10-9-14-6-3-4-7-16(14)19(17)22(26)25-12-15(13-25)21-23-20(24-28-21)18-8-5-11-29-18/h3-11,15H,2,12-13H2,1H3. The third-order valence-corrected chi connectivity index (χ3v) is 5.97. The first-order valence-electron chi connectivity index (χ1n) is 9.56. The lowest BCUT2D eigenvalue weighted by Gasteiger charge is -2.37. The number of nitrogens with zero attached hydrogens (tertiary/aromatic N) is 3. The highest BCUT2D eigenvalue weighted by Gasteiger charge is 2.37. The van der Waals surface area contributed by atoms with Gasteiger partial charge in [0.25, 0.3) is 5.91 Å². The largest absolute Gasteiger partial charge is 0.493 e. The van der Waals surface area contributed by atoms with Crippen molar-refractivity contribution in [2.75, 3.05) is 19.7 Å². The van der Waals surface area contributed by atoms with E-state index >= 15 is 0 Å². The molecule has 7 heteroatoms. The molecule has 1 fully saturated rings. The zero-order valence-corrected chi connectivity index (χ0v) is 16.7. The summed E-state index contributed by atoms with van der Waals surface area (Å²) >= 11 is 1.57. The number of amides is 1. The van der Waals surface area contributed by atoms with Crippen molar-refractivity contribution in [3.8, 4) is 16.5 Å². The Hall–Kier alpha value is -3.19. The second-order valence-corrected chi connectivity index (χ2v) is 7.88. The molecular formula is C22H19N3O3S. The van der Waals surface area contributed by atoms with Gasteiger partial charge in [-0.2, -0.15) is 4.98 Å². The highest BCUT2D eigenvalue weighted by Crippen LogP contribution is 2.34. The van der Waals surface area contributed by atoms with E-state index in [9.17, 15) is 4.79 Å². The summed E-state index contributed by atoms with van der Waals surface area (Å²) < 4.78 is 11.2. The smallest absolute Gasteiger partial charge is 0.258 e. The van der Waals surface area contributed by atoms with E-state index in [1.165, 1.54) is 0 Å². The summed E-state index contributed by atoms with van der Waals surface area (Å²) in [5, 5.41) is 7.98. The summed E-state index contributed by atoms with van der Waals surface area (Å²) in [7, 11) is 0. The molecule has 5 rings (SSSR count). The fraction of sp³-hybridized carbons (Fsp3) is 0.227. The zero-order valence-electron chi connectivity index (χ0n) is 15.9. The molecule has 0 bridgehead atoms. The van der Waals surface area contributed by atoms with E-state index in [1.807, 2.05) is 65.7 Å². The Morgan fingerprint density at radius 2 is 2.07 bits per heavy atom. The van der Waals surface area contributed by atoms with Crippen molar-refractivity contribution in [3.63, 3.8) is 0 Å². The van der Waals surface area contributed by atoms with Gasteiger partial charge in [0.15, 0.2) is 0 Å². The first-order valence-corrected chi connectivity index (χ1v) is 10.4. The van der Waals surface area contributed by atoms with Crippen LogP contribution in [0.2, 0.25) is 0 Å². The lowest BCUT2D eigenvalue weighted by Crippen LogP contribution is -2.48. The predicted octanol–water partition coefficient (Wildman–Crippen LogP) is 4.59. The fourth-order valence-corrected chi connectivity index (χ4v) is 4.26. The van der Waals surface area contributed by atoms with Gasteiger partial charge < -0.3 is 14.2 Å². The topological polar surface area (TPSA) is 68.5 Å². The van der Waals surface area contributed by atoms with E-state index in [1.54, 1.807) is 11.3 Å². The van der Waals surface area contributed by atoms with Gasteiger partial charge in [-0.25, -0.2) is 0 Å². The molecule has 0 spiro atoms. The van der Waals surface area contributed by atoms with Gasteiger partial charge in [-0.15, -0.1) is 11.3 Å². The van der Waals surface area contributed by atoms with E-state index in [4.69, 9.17) is 9.26 Å². The molecule has 1 aliphatic rings. The maximum atomic E-state index is 13.3. The van der Waals surface area contributed by atoms with Crippen molar-refractivity contribution >= 4 is 28.0 Å². The van der Waals surface area contributed by atoms with Crippen LogP contribution in [0.3, 0.4) is 0 Å². The van der Waals surface area contributed by atoms with Gasteiger partial charge in [-0.1, -0.05) is 41.6 Å². The van der Waals surface area contributed by atoms with E-state index in [0.717, 1.165) is 15.6 Å². The Labute approximate surface area is 171 Å². The minimum atomic E-state index is -0.0282. The van der Waals surface area contributed by atoms with Gasteiger partial charge in [0.2, 0.25) is 11.7 Å². The van der Waals surface area contributed by atoms with Crippen molar-refractivity contribution in [1.82, 2.24) is 15.0 Å². The lowest BCUT2D eigenvalue weighted by atomic mass is 9.96. The van der Waals surface area contributed by atoms with Crippen molar-refractivity contribution < 1.29 is 14.1 Å². The van der Waals surface area contributed by atoms with E-state index in [-0.39, 0.29) is 11.8 Å². The van der Waals surface area contributed by atoms with E-state index in [0.29, 0.717) is 42.7 Å². The summed E-state index contributed by atoms with van der Waals surface area (Å²) in [6.07, 6.45) is 0. The van der Waals surface area contributed by atoms with Gasteiger partial charge in [-0.3, -0.25) is 4.79 Å². The molecule has 0 atom stereocenters. The molecule has 146 valence electrons. The molecule has 0 saturated carbocycles. The van der Waals surface area contributed by atoms with Crippen LogP contribution < -0.4 is 4.74 Å². The Morgan fingerprint density at radius 3 is 2.86 bits per heavy atom. The molecule has 4 aromatic rings. The van der Waals surface area contributed by atoms with Crippen molar-refractivity contribution in [3.05, 3.63) is 65.4 Å². The van der Waals surface area contributed by atoms with E-state index < -0.39 is 0 Å². The second-order valence-electron chi connectivity index (χ2n) is 6.93. The van der Waals surface area contributed by atoms with Crippen LogP contribution in [0.25, 0.3) is 21.5 Å². The number of aromatic nitrogens is 2. The SMILES string of the molecule is CCOc1ccc2ccccc2c1C(=O)N1CC(c2nc(-c3cccs3)no2)C1. The molecule has 1 aliphatic heterocycles. The highest BCUT2D eigenvalue weighted by atomic mass is 32.1. The summed E-state index contributed by atoms with van der Waals surface area (Å²) in [6, 6.07) is 15.7. The van der Waals surface area contributed by atoms with Crippen LogP contribution in [0, 0.1) is 0 Å². The number of benzene rings is 2. The zero-order chi connectivity index (χ0) is 19.8. The number of fused-ring (bicyclic) bond motifs is 1. The predicted molar refractivity (Wildman–Crippen MR) is 111 cm³/mol. The van der Waals surface area contributed by atoms with Gasteiger partial charge >= 0.3 is 0 Å². The Bertz CT molecular complexity index is 1160. The molecule has 0 aliphatic carbocycles. The second kappa shape index (κ2) is 7.33. The normalized spacial score (nSPS) is 14.2. The lowest BCUT2D eigenvalue weighted by molar-refractivity contribution is 0.0567. The number of rotatable bonds is 5. The van der Waals surface area contributed by atoms with Crippen LogP contribution in [-0.4, -0.2) is 40.6 Å². The number of carbonyl (C=O) groups is 1. The summed E-state index contributed by atoms with van der Waals surface area (Å²) in [5.41, 5.74) is 0.619. The first-order chi connectivity index (χ1) is 14.2. The number of thiophene rings is 1. The Balaban J connectivity index is 1.37. The van der Waals surface area contributed by atoms with Crippen LogP contribution in [0.5, 0.6) is 5.75 Å². The molecule has 2 aromatic heterocycles. The number of likely N-dealkylation sites (tertiary alicyclic amines) is 1. The average Bonchev–Trinajstić information content (AvgIpc) is 3.39. The highest BCUT2D eigenvalue weighted by molar-refractivity contribution is 7.13.